The second-order valence-corrected chi connectivity index (χ2v) is 8.63. The molecule has 176 valence electrons. The highest BCUT2D eigenvalue weighted by Crippen LogP contribution is 2.38. The van der Waals surface area contributed by atoms with Crippen LogP contribution in [0.15, 0.2) is 97.2 Å². The van der Waals surface area contributed by atoms with E-state index in [-0.39, 0.29) is 11.9 Å². The minimum absolute atomic E-state index is 0.249. The van der Waals surface area contributed by atoms with Crippen LogP contribution in [0.3, 0.4) is 0 Å². The minimum atomic E-state index is -1.79. The summed E-state index contributed by atoms with van der Waals surface area (Å²) in [5.74, 6) is 1.01. The number of carbonyl (C=O) groups excluding carboxylic acids is 1. The van der Waals surface area contributed by atoms with Crippen LogP contribution < -0.4 is 4.74 Å². The van der Waals surface area contributed by atoms with Crippen molar-refractivity contribution in [1.82, 2.24) is 14.9 Å². The van der Waals surface area contributed by atoms with Gasteiger partial charge in [-0.1, -0.05) is 60.7 Å². The maximum Gasteiger partial charge on any atom is 0.264 e. The number of likely N-dealkylation sites (tertiary alicyclic amines) is 1. The van der Waals surface area contributed by atoms with Crippen LogP contribution in [0, 0.1) is 0 Å². The molecule has 1 unspecified atom stereocenters. The smallest absolute Gasteiger partial charge is 0.264 e. The van der Waals surface area contributed by atoms with Crippen molar-refractivity contribution in [2.75, 3.05) is 13.7 Å². The molecule has 6 nitrogen and oxygen atoms in total. The molecule has 2 heterocycles. The molecule has 6 heteroatoms. The van der Waals surface area contributed by atoms with Gasteiger partial charge in [-0.2, -0.15) is 0 Å². The SMILES string of the molecule is COc1ccc(-c2nccc(C3CCCN3C(=O)C(O)(c3ccccc3)c3ccccc3)n2)cc1. The summed E-state index contributed by atoms with van der Waals surface area (Å²) in [4.78, 5) is 25.1. The quantitative estimate of drug-likeness (QED) is 0.445. The van der Waals surface area contributed by atoms with E-state index in [9.17, 15) is 9.90 Å². The van der Waals surface area contributed by atoms with Crippen molar-refractivity contribution in [3.05, 3.63) is 114 Å². The van der Waals surface area contributed by atoms with Crippen molar-refractivity contribution in [3.8, 4) is 17.1 Å². The van der Waals surface area contributed by atoms with E-state index >= 15 is 0 Å². The van der Waals surface area contributed by atoms with Crippen LogP contribution in [0.4, 0.5) is 0 Å². The van der Waals surface area contributed by atoms with E-state index in [1.165, 1.54) is 0 Å². The maximum atomic E-state index is 14.1. The topological polar surface area (TPSA) is 75.5 Å². The first-order chi connectivity index (χ1) is 17.1. The van der Waals surface area contributed by atoms with Crippen molar-refractivity contribution in [3.63, 3.8) is 0 Å². The molecule has 0 saturated carbocycles. The van der Waals surface area contributed by atoms with Gasteiger partial charge in [0.15, 0.2) is 11.4 Å². The molecular weight excluding hydrogens is 438 g/mol. The lowest BCUT2D eigenvalue weighted by Crippen LogP contribution is -2.47. The predicted molar refractivity (Wildman–Crippen MR) is 134 cm³/mol. The number of carbonyl (C=O) groups is 1. The van der Waals surface area contributed by atoms with Gasteiger partial charge in [0.05, 0.1) is 18.8 Å². The molecule has 1 saturated heterocycles. The summed E-state index contributed by atoms with van der Waals surface area (Å²) in [5.41, 5.74) is 0.928. The number of aromatic nitrogens is 2. The zero-order chi connectivity index (χ0) is 24.3. The average Bonchev–Trinajstić information content (AvgIpc) is 3.43. The van der Waals surface area contributed by atoms with Crippen LogP contribution in [-0.4, -0.2) is 39.5 Å². The van der Waals surface area contributed by atoms with E-state index in [1.54, 1.807) is 42.5 Å². The van der Waals surface area contributed by atoms with Gasteiger partial charge in [-0.25, -0.2) is 9.97 Å². The predicted octanol–water partition coefficient (Wildman–Crippen LogP) is 4.75. The van der Waals surface area contributed by atoms with Gasteiger partial charge >= 0.3 is 0 Å². The van der Waals surface area contributed by atoms with Gasteiger partial charge in [-0.05, 0) is 54.3 Å². The Balaban J connectivity index is 1.51. The molecule has 5 rings (SSSR count). The summed E-state index contributed by atoms with van der Waals surface area (Å²) in [6.07, 6.45) is 3.33. The number of aliphatic hydroxyl groups is 1. The molecule has 1 aliphatic rings. The lowest BCUT2D eigenvalue weighted by Gasteiger charge is -2.35. The Hall–Kier alpha value is -4.03. The summed E-state index contributed by atoms with van der Waals surface area (Å²) in [6, 6.07) is 27.5. The van der Waals surface area contributed by atoms with Crippen molar-refractivity contribution in [2.24, 2.45) is 0 Å². The van der Waals surface area contributed by atoms with E-state index in [4.69, 9.17) is 9.72 Å². The number of amides is 1. The second kappa shape index (κ2) is 9.68. The summed E-state index contributed by atoms with van der Waals surface area (Å²) < 4.78 is 5.25. The van der Waals surface area contributed by atoms with Crippen molar-refractivity contribution in [1.29, 1.82) is 0 Å². The number of rotatable bonds is 6. The average molecular weight is 466 g/mol. The molecule has 0 aliphatic carbocycles. The van der Waals surface area contributed by atoms with Crippen LogP contribution in [0.1, 0.15) is 35.7 Å². The van der Waals surface area contributed by atoms with Crippen LogP contribution in [0.25, 0.3) is 11.4 Å². The Bertz CT molecular complexity index is 1250. The summed E-state index contributed by atoms with van der Waals surface area (Å²) >= 11 is 0. The van der Waals surface area contributed by atoms with E-state index in [2.05, 4.69) is 4.98 Å². The van der Waals surface area contributed by atoms with Crippen LogP contribution in [0.2, 0.25) is 0 Å². The summed E-state index contributed by atoms with van der Waals surface area (Å²) in [5, 5.41) is 12.0. The molecule has 1 aromatic heterocycles. The Kier molecular flexibility index (Phi) is 6.29. The lowest BCUT2D eigenvalue weighted by molar-refractivity contribution is -0.149. The Morgan fingerprint density at radius 3 is 2.17 bits per heavy atom. The van der Waals surface area contributed by atoms with Crippen molar-refractivity contribution in [2.45, 2.75) is 24.5 Å². The number of hydrogen-bond donors (Lipinski definition) is 1. The molecule has 0 bridgehead atoms. The Morgan fingerprint density at radius 1 is 0.943 bits per heavy atom. The first-order valence-corrected chi connectivity index (χ1v) is 11.7. The molecule has 0 spiro atoms. The number of nitrogens with zero attached hydrogens (tertiary/aromatic N) is 3. The van der Waals surface area contributed by atoms with Crippen LogP contribution in [-0.2, 0) is 10.4 Å². The fraction of sp³-hybridized carbons (Fsp3) is 0.207. The van der Waals surface area contributed by atoms with Crippen LogP contribution in [0.5, 0.6) is 5.75 Å². The Labute approximate surface area is 204 Å². The fourth-order valence-corrected chi connectivity index (χ4v) is 4.73. The molecule has 4 aromatic rings. The van der Waals surface area contributed by atoms with Gasteiger partial charge in [-0.15, -0.1) is 0 Å². The van der Waals surface area contributed by atoms with Crippen LogP contribution >= 0.6 is 0 Å². The highest BCUT2D eigenvalue weighted by Gasteiger charge is 2.46. The molecule has 1 atom stereocenters. The third-order valence-electron chi connectivity index (χ3n) is 6.57. The van der Waals surface area contributed by atoms with Gasteiger partial charge in [0.25, 0.3) is 5.91 Å². The normalized spacial score (nSPS) is 15.7. The molecule has 1 aliphatic heterocycles. The second-order valence-electron chi connectivity index (χ2n) is 8.63. The van der Waals surface area contributed by atoms with E-state index in [0.717, 1.165) is 29.8 Å². The number of hydrogen-bond acceptors (Lipinski definition) is 5. The first-order valence-electron chi connectivity index (χ1n) is 11.7. The van der Waals surface area contributed by atoms with Crippen molar-refractivity contribution < 1.29 is 14.6 Å². The zero-order valence-electron chi connectivity index (χ0n) is 19.5. The van der Waals surface area contributed by atoms with Gasteiger partial charge in [0.2, 0.25) is 0 Å². The zero-order valence-corrected chi connectivity index (χ0v) is 19.5. The van der Waals surface area contributed by atoms with Crippen molar-refractivity contribution >= 4 is 5.91 Å². The van der Waals surface area contributed by atoms with E-state index in [1.807, 2.05) is 66.7 Å². The van der Waals surface area contributed by atoms with Gasteiger partial charge in [-0.3, -0.25) is 4.79 Å². The first kappa shape index (κ1) is 22.7. The fourth-order valence-electron chi connectivity index (χ4n) is 4.73. The molecule has 35 heavy (non-hydrogen) atoms. The van der Waals surface area contributed by atoms with E-state index < -0.39 is 5.60 Å². The third-order valence-corrected chi connectivity index (χ3v) is 6.57. The third kappa shape index (κ3) is 4.29. The number of benzene rings is 3. The lowest BCUT2D eigenvalue weighted by atomic mass is 9.84. The molecule has 3 aromatic carbocycles. The van der Waals surface area contributed by atoms with Gasteiger partial charge in [0, 0.05) is 18.3 Å². The molecular formula is C29H27N3O3. The van der Waals surface area contributed by atoms with E-state index in [0.29, 0.717) is 23.5 Å². The number of ether oxygens (including phenoxy) is 1. The monoisotopic (exact) mass is 465 g/mol. The highest BCUT2D eigenvalue weighted by atomic mass is 16.5. The van der Waals surface area contributed by atoms with Gasteiger partial charge in [0.1, 0.15) is 5.75 Å². The van der Waals surface area contributed by atoms with Gasteiger partial charge < -0.3 is 14.7 Å². The molecule has 1 N–H and O–H groups in total. The molecule has 1 amide bonds. The molecule has 1 fully saturated rings. The minimum Gasteiger partial charge on any atom is -0.497 e. The summed E-state index contributed by atoms with van der Waals surface area (Å²) in [7, 11) is 1.63. The maximum absolute atomic E-state index is 14.1. The summed E-state index contributed by atoms with van der Waals surface area (Å²) in [6.45, 7) is 0.549. The highest BCUT2D eigenvalue weighted by molar-refractivity contribution is 5.90. The largest absolute Gasteiger partial charge is 0.497 e. The Morgan fingerprint density at radius 2 is 1.57 bits per heavy atom. The standard InChI is InChI=1S/C29H27N3O3/c1-35-24-16-14-21(15-17-24)27-30-19-18-25(31-27)26-13-8-20-32(26)28(33)29(34,22-9-4-2-5-10-22)23-11-6-3-7-12-23/h2-7,9-12,14-19,26,34H,8,13,20H2,1H3. The number of methoxy groups -OCH3 is 1. The molecule has 0 radical (unpaired) electrons.